The fraction of sp³-hybridized carbons (Fsp3) is 0.810. The lowest BCUT2D eigenvalue weighted by atomic mass is 9.84. The molecule has 27 heavy (non-hydrogen) atoms. The largest absolute Gasteiger partial charge is 0.354 e. The normalized spacial score (nSPS) is 27.7. The standard InChI is InChI=1S/C21H34N4OS/c1-15(26)22-17-6-4-16(5-7-17)8-10-24-11-9-19-18(12-24)23-20(27-19)25-13-21(2,3)14-25/h16-17H,4-14H2,1-3H3,(H,22,26). The molecule has 150 valence electrons. The minimum Gasteiger partial charge on any atom is -0.354 e. The van der Waals surface area contributed by atoms with Crippen LogP contribution in [-0.2, 0) is 17.8 Å². The summed E-state index contributed by atoms with van der Waals surface area (Å²) >= 11 is 1.93. The summed E-state index contributed by atoms with van der Waals surface area (Å²) in [5.74, 6) is 0.942. The van der Waals surface area contributed by atoms with Gasteiger partial charge in [0.05, 0.1) is 5.69 Å². The van der Waals surface area contributed by atoms with E-state index < -0.39 is 0 Å². The van der Waals surface area contributed by atoms with E-state index in [1.54, 1.807) is 6.92 Å². The highest BCUT2D eigenvalue weighted by Gasteiger charge is 2.36. The lowest BCUT2D eigenvalue weighted by Crippen LogP contribution is -2.53. The fourth-order valence-electron chi connectivity index (χ4n) is 4.94. The molecule has 6 heteroatoms. The molecule has 2 fully saturated rings. The van der Waals surface area contributed by atoms with E-state index in [2.05, 4.69) is 29.0 Å². The smallest absolute Gasteiger partial charge is 0.217 e. The van der Waals surface area contributed by atoms with Crippen LogP contribution in [0.1, 0.15) is 63.4 Å². The van der Waals surface area contributed by atoms with Gasteiger partial charge in [-0.3, -0.25) is 9.69 Å². The average molecular weight is 391 g/mol. The van der Waals surface area contributed by atoms with Crippen LogP contribution in [0.15, 0.2) is 0 Å². The van der Waals surface area contributed by atoms with E-state index >= 15 is 0 Å². The van der Waals surface area contributed by atoms with Gasteiger partial charge in [0.25, 0.3) is 0 Å². The van der Waals surface area contributed by atoms with Gasteiger partial charge < -0.3 is 10.2 Å². The van der Waals surface area contributed by atoms with Crippen molar-refractivity contribution in [3.05, 3.63) is 10.6 Å². The molecule has 4 rings (SSSR count). The highest BCUT2D eigenvalue weighted by molar-refractivity contribution is 7.15. The van der Waals surface area contributed by atoms with E-state index in [0.29, 0.717) is 11.5 Å². The van der Waals surface area contributed by atoms with Crippen LogP contribution in [0.4, 0.5) is 5.13 Å². The minimum atomic E-state index is 0.118. The van der Waals surface area contributed by atoms with E-state index in [1.165, 1.54) is 54.5 Å². The molecule has 0 aromatic carbocycles. The number of amides is 1. The Kier molecular flexibility index (Phi) is 5.48. The second-order valence-corrected chi connectivity index (χ2v) is 10.7. The van der Waals surface area contributed by atoms with E-state index in [1.807, 2.05) is 11.3 Å². The first-order valence-electron chi connectivity index (χ1n) is 10.6. The lowest BCUT2D eigenvalue weighted by molar-refractivity contribution is -0.119. The average Bonchev–Trinajstić information content (AvgIpc) is 3.01. The molecule has 1 aliphatic carbocycles. The van der Waals surface area contributed by atoms with Crippen LogP contribution in [0.5, 0.6) is 0 Å². The van der Waals surface area contributed by atoms with E-state index in [0.717, 1.165) is 38.4 Å². The highest BCUT2D eigenvalue weighted by atomic mass is 32.1. The molecule has 1 aromatic heterocycles. The number of hydrogen-bond acceptors (Lipinski definition) is 5. The maximum atomic E-state index is 11.2. The first-order valence-corrected chi connectivity index (χ1v) is 11.4. The Morgan fingerprint density at radius 1 is 1.26 bits per heavy atom. The van der Waals surface area contributed by atoms with Gasteiger partial charge in [0.1, 0.15) is 0 Å². The molecule has 0 bridgehead atoms. The lowest BCUT2D eigenvalue weighted by Gasteiger charge is -2.45. The van der Waals surface area contributed by atoms with Gasteiger partial charge in [-0.05, 0) is 56.4 Å². The highest BCUT2D eigenvalue weighted by Crippen LogP contribution is 2.38. The van der Waals surface area contributed by atoms with Crippen LogP contribution in [-0.4, -0.2) is 48.0 Å². The zero-order chi connectivity index (χ0) is 19.0. The molecule has 5 nitrogen and oxygen atoms in total. The number of carbonyl (C=O) groups excluding carboxylic acids is 1. The fourth-order valence-corrected chi connectivity index (χ4v) is 5.99. The van der Waals surface area contributed by atoms with Crippen molar-refractivity contribution in [3.8, 4) is 0 Å². The molecule has 1 saturated heterocycles. The number of thiazole rings is 1. The zero-order valence-electron chi connectivity index (χ0n) is 17.1. The van der Waals surface area contributed by atoms with Gasteiger partial charge in [0.2, 0.25) is 5.91 Å². The van der Waals surface area contributed by atoms with Crippen LogP contribution in [0.2, 0.25) is 0 Å². The predicted octanol–water partition coefficient (Wildman–Crippen LogP) is 3.43. The Morgan fingerprint density at radius 2 is 2.00 bits per heavy atom. The molecule has 1 aromatic rings. The molecule has 3 heterocycles. The first-order chi connectivity index (χ1) is 12.9. The van der Waals surface area contributed by atoms with E-state index in [4.69, 9.17) is 4.98 Å². The molecule has 1 N–H and O–H groups in total. The third kappa shape index (κ3) is 4.65. The third-order valence-corrected chi connectivity index (χ3v) is 7.63. The molecule has 1 amide bonds. The van der Waals surface area contributed by atoms with Crippen LogP contribution >= 0.6 is 11.3 Å². The number of carbonyl (C=O) groups is 1. The van der Waals surface area contributed by atoms with Gasteiger partial charge in [-0.25, -0.2) is 4.98 Å². The summed E-state index contributed by atoms with van der Waals surface area (Å²) < 4.78 is 0. The number of nitrogens with zero attached hydrogens (tertiary/aromatic N) is 3. The van der Waals surface area contributed by atoms with Gasteiger partial charge in [0.15, 0.2) is 5.13 Å². The second kappa shape index (κ2) is 7.70. The van der Waals surface area contributed by atoms with Crippen molar-refractivity contribution >= 4 is 22.4 Å². The summed E-state index contributed by atoms with van der Waals surface area (Å²) in [5, 5.41) is 4.33. The number of nitrogens with one attached hydrogen (secondary N) is 1. The maximum absolute atomic E-state index is 11.2. The molecule has 0 spiro atoms. The number of aromatic nitrogens is 1. The SMILES string of the molecule is CC(=O)NC1CCC(CCN2CCc3sc(N4CC(C)(C)C4)nc3C2)CC1. The topological polar surface area (TPSA) is 48.5 Å². The maximum Gasteiger partial charge on any atom is 0.217 e. The van der Waals surface area contributed by atoms with Crippen molar-refractivity contribution in [2.24, 2.45) is 11.3 Å². The predicted molar refractivity (Wildman–Crippen MR) is 111 cm³/mol. The van der Waals surface area contributed by atoms with Gasteiger partial charge in [-0.1, -0.05) is 13.8 Å². The minimum absolute atomic E-state index is 0.118. The number of fused-ring (bicyclic) bond motifs is 1. The van der Waals surface area contributed by atoms with Crippen molar-refractivity contribution in [1.29, 1.82) is 0 Å². The molecule has 0 unspecified atom stereocenters. The monoisotopic (exact) mass is 390 g/mol. The molecule has 0 atom stereocenters. The van der Waals surface area contributed by atoms with E-state index in [9.17, 15) is 4.79 Å². The quantitative estimate of drug-likeness (QED) is 0.837. The molecule has 2 aliphatic heterocycles. The molecular formula is C21H34N4OS. The molecule has 3 aliphatic rings. The summed E-state index contributed by atoms with van der Waals surface area (Å²) in [6.07, 6.45) is 7.27. The van der Waals surface area contributed by atoms with Crippen molar-refractivity contribution < 1.29 is 4.79 Å². The number of hydrogen-bond donors (Lipinski definition) is 1. The first kappa shape index (κ1) is 19.2. The Bertz CT molecular complexity index is 670. The van der Waals surface area contributed by atoms with Crippen molar-refractivity contribution in [2.75, 3.05) is 31.1 Å². The van der Waals surface area contributed by atoms with Crippen molar-refractivity contribution in [3.63, 3.8) is 0 Å². The van der Waals surface area contributed by atoms with Gasteiger partial charge in [0, 0.05) is 44.0 Å². The number of rotatable bonds is 5. The van der Waals surface area contributed by atoms with Crippen LogP contribution in [0.3, 0.4) is 0 Å². The van der Waals surface area contributed by atoms with Gasteiger partial charge in [-0.2, -0.15) is 0 Å². The summed E-state index contributed by atoms with van der Waals surface area (Å²) in [6, 6.07) is 0.413. The Labute approximate surface area is 167 Å². The van der Waals surface area contributed by atoms with Gasteiger partial charge in [-0.15, -0.1) is 11.3 Å². The van der Waals surface area contributed by atoms with Crippen molar-refractivity contribution in [2.45, 2.75) is 71.9 Å². The van der Waals surface area contributed by atoms with Crippen molar-refractivity contribution in [1.82, 2.24) is 15.2 Å². The Morgan fingerprint density at radius 3 is 2.67 bits per heavy atom. The second-order valence-electron chi connectivity index (χ2n) is 9.62. The molecule has 1 saturated carbocycles. The zero-order valence-corrected chi connectivity index (χ0v) is 17.9. The number of anilines is 1. The Balaban J connectivity index is 1.22. The van der Waals surface area contributed by atoms with Crippen LogP contribution in [0, 0.1) is 11.3 Å². The summed E-state index contributed by atoms with van der Waals surface area (Å²) in [6.45, 7) is 12.0. The van der Waals surface area contributed by atoms with Gasteiger partial charge >= 0.3 is 0 Å². The van der Waals surface area contributed by atoms with Crippen LogP contribution in [0.25, 0.3) is 0 Å². The molecular weight excluding hydrogens is 356 g/mol. The van der Waals surface area contributed by atoms with E-state index in [-0.39, 0.29) is 5.91 Å². The summed E-state index contributed by atoms with van der Waals surface area (Å²) in [7, 11) is 0. The van der Waals surface area contributed by atoms with Crippen LogP contribution < -0.4 is 10.2 Å². The molecule has 0 radical (unpaired) electrons. The Hall–Kier alpha value is -1.14. The summed E-state index contributed by atoms with van der Waals surface area (Å²) in [5.41, 5.74) is 1.79. The summed E-state index contributed by atoms with van der Waals surface area (Å²) in [4.78, 5) is 22.7. The third-order valence-electron chi connectivity index (χ3n) is 6.41.